The molecule has 1 aromatic heterocycles. The van der Waals surface area contributed by atoms with Crippen molar-refractivity contribution in [2.45, 2.75) is 45.8 Å². The number of nitrogens with one attached hydrogen (secondary N) is 1. The molecule has 0 radical (unpaired) electrons. The zero-order valence-electron chi connectivity index (χ0n) is 12.4. The maximum atomic E-state index is 5.82. The highest BCUT2D eigenvalue weighted by Crippen LogP contribution is 2.21. The molecule has 0 saturated heterocycles. The van der Waals surface area contributed by atoms with Crippen molar-refractivity contribution in [1.29, 1.82) is 0 Å². The third-order valence-electron chi connectivity index (χ3n) is 3.48. The van der Waals surface area contributed by atoms with Gasteiger partial charge in [0.1, 0.15) is 11.5 Å². The average molecular weight is 266 g/mol. The van der Waals surface area contributed by atoms with E-state index in [9.17, 15) is 0 Å². The highest BCUT2D eigenvalue weighted by molar-refractivity contribution is 5.21. The van der Waals surface area contributed by atoms with Gasteiger partial charge in [-0.3, -0.25) is 4.90 Å². The van der Waals surface area contributed by atoms with E-state index in [1.54, 1.807) is 0 Å². The second kappa shape index (κ2) is 7.08. The van der Waals surface area contributed by atoms with E-state index in [2.05, 4.69) is 23.3 Å². The average Bonchev–Trinajstić information content (AvgIpc) is 3.12. The molecule has 19 heavy (non-hydrogen) atoms. The van der Waals surface area contributed by atoms with Crippen LogP contribution in [0.25, 0.3) is 0 Å². The van der Waals surface area contributed by atoms with E-state index in [1.807, 2.05) is 13.8 Å². The number of hydrogen-bond donors (Lipinski definition) is 1. The van der Waals surface area contributed by atoms with E-state index in [0.29, 0.717) is 0 Å². The molecule has 1 saturated carbocycles. The topological polar surface area (TPSA) is 37.6 Å². The molecule has 1 aliphatic rings. The number of furan rings is 1. The fourth-order valence-corrected chi connectivity index (χ4v) is 2.09. The molecular weight excluding hydrogens is 240 g/mol. The fraction of sp³-hybridized carbons (Fsp3) is 0.733. The molecule has 0 bridgehead atoms. The van der Waals surface area contributed by atoms with Gasteiger partial charge in [0, 0.05) is 31.3 Å². The fourth-order valence-electron chi connectivity index (χ4n) is 2.09. The summed E-state index contributed by atoms with van der Waals surface area (Å²) in [6.07, 6.45) is 2.65. The summed E-state index contributed by atoms with van der Waals surface area (Å²) in [6.45, 7) is 8.35. The predicted octanol–water partition coefficient (Wildman–Crippen LogP) is 2.31. The first-order chi connectivity index (χ1) is 9.19. The molecular formula is C15H26N2O2. The first kappa shape index (κ1) is 14.6. The largest absolute Gasteiger partial charge is 0.465 e. The van der Waals surface area contributed by atoms with Gasteiger partial charge in [0.2, 0.25) is 0 Å². The minimum atomic E-state index is 0.742. The second-order valence-electron chi connectivity index (χ2n) is 5.38. The zero-order chi connectivity index (χ0) is 13.7. The van der Waals surface area contributed by atoms with Crippen LogP contribution in [0.2, 0.25) is 0 Å². The van der Waals surface area contributed by atoms with Crippen LogP contribution in [0.5, 0.6) is 0 Å². The van der Waals surface area contributed by atoms with Crippen LogP contribution < -0.4 is 5.32 Å². The molecule has 1 aromatic rings. The Kier molecular flexibility index (Phi) is 5.43. The highest BCUT2D eigenvalue weighted by atomic mass is 16.5. The third kappa shape index (κ3) is 4.97. The van der Waals surface area contributed by atoms with Crippen LogP contribution in [0.4, 0.5) is 0 Å². The molecule has 1 N–H and O–H groups in total. The van der Waals surface area contributed by atoms with Crippen molar-refractivity contribution in [3.63, 3.8) is 0 Å². The molecule has 1 heterocycles. The number of nitrogens with zero attached hydrogens (tertiary/aromatic N) is 1. The van der Waals surface area contributed by atoms with Crippen LogP contribution in [0.3, 0.4) is 0 Å². The minimum absolute atomic E-state index is 0.742. The molecule has 2 rings (SSSR count). The van der Waals surface area contributed by atoms with Gasteiger partial charge >= 0.3 is 0 Å². The van der Waals surface area contributed by atoms with Gasteiger partial charge < -0.3 is 14.5 Å². The summed E-state index contributed by atoms with van der Waals surface area (Å²) in [6, 6.07) is 2.92. The Bertz CT molecular complexity index is 385. The van der Waals surface area contributed by atoms with Gasteiger partial charge in [0.05, 0.1) is 13.2 Å². The summed E-state index contributed by atoms with van der Waals surface area (Å²) in [5.41, 5.74) is 1.29. The monoisotopic (exact) mass is 266 g/mol. The summed E-state index contributed by atoms with van der Waals surface area (Å²) >= 11 is 0. The summed E-state index contributed by atoms with van der Waals surface area (Å²) in [4.78, 5) is 2.23. The van der Waals surface area contributed by atoms with Crippen LogP contribution in [-0.4, -0.2) is 37.7 Å². The van der Waals surface area contributed by atoms with E-state index >= 15 is 0 Å². The van der Waals surface area contributed by atoms with Gasteiger partial charge in [-0.05, 0) is 39.8 Å². The van der Waals surface area contributed by atoms with Crippen molar-refractivity contribution in [2.24, 2.45) is 0 Å². The van der Waals surface area contributed by atoms with Crippen LogP contribution in [-0.2, 0) is 17.8 Å². The lowest BCUT2D eigenvalue weighted by Gasteiger charge is -2.14. The van der Waals surface area contributed by atoms with Crippen LogP contribution >= 0.6 is 0 Å². The van der Waals surface area contributed by atoms with Gasteiger partial charge in [-0.15, -0.1) is 0 Å². The van der Waals surface area contributed by atoms with E-state index in [0.717, 1.165) is 50.4 Å². The summed E-state index contributed by atoms with van der Waals surface area (Å²) in [5.74, 6) is 2.09. The highest BCUT2D eigenvalue weighted by Gasteiger charge is 2.21. The quantitative estimate of drug-likeness (QED) is 0.696. The molecule has 0 atom stereocenters. The number of ether oxygens (including phenoxy) is 1. The van der Waals surface area contributed by atoms with Gasteiger partial charge in [-0.1, -0.05) is 0 Å². The molecule has 4 nitrogen and oxygen atoms in total. The second-order valence-corrected chi connectivity index (χ2v) is 5.38. The smallest absolute Gasteiger partial charge is 0.118 e. The van der Waals surface area contributed by atoms with Crippen molar-refractivity contribution < 1.29 is 9.15 Å². The van der Waals surface area contributed by atoms with Crippen molar-refractivity contribution >= 4 is 0 Å². The van der Waals surface area contributed by atoms with Gasteiger partial charge in [0.25, 0.3) is 0 Å². The van der Waals surface area contributed by atoms with Crippen molar-refractivity contribution in [1.82, 2.24) is 10.2 Å². The van der Waals surface area contributed by atoms with Gasteiger partial charge in [-0.25, -0.2) is 0 Å². The van der Waals surface area contributed by atoms with E-state index in [-0.39, 0.29) is 0 Å². The lowest BCUT2D eigenvalue weighted by molar-refractivity contribution is 0.118. The molecule has 1 fully saturated rings. The summed E-state index contributed by atoms with van der Waals surface area (Å²) < 4.78 is 11.2. The Hall–Kier alpha value is -0.840. The SMILES string of the molecule is CCOCCN(C)Cc1cc(CNC2CC2)c(C)o1. The maximum Gasteiger partial charge on any atom is 0.118 e. The lowest BCUT2D eigenvalue weighted by Crippen LogP contribution is -2.22. The normalized spacial score (nSPS) is 15.4. The molecule has 0 aliphatic heterocycles. The Labute approximate surface area is 116 Å². The van der Waals surface area contributed by atoms with E-state index in [1.165, 1.54) is 18.4 Å². The molecule has 0 aromatic carbocycles. The number of likely N-dealkylation sites (N-methyl/N-ethyl adjacent to an activating group) is 1. The first-order valence-corrected chi connectivity index (χ1v) is 7.27. The van der Waals surface area contributed by atoms with Gasteiger partial charge in [-0.2, -0.15) is 0 Å². The minimum Gasteiger partial charge on any atom is -0.465 e. The van der Waals surface area contributed by atoms with Crippen LogP contribution in [0.1, 0.15) is 36.8 Å². The van der Waals surface area contributed by atoms with E-state index in [4.69, 9.17) is 9.15 Å². The molecule has 0 unspecified atom stereocenters. The number of rotatable bonds is 9. The van der Waals surface area contributed by atoms with Crippen molar-refractivity contribution in [3.8, 4) is 0 Å². The third-order valence-corrected chi connectivity index (χ3v) is 3.48. The van der Waals surface area contributed by atoms with Gasteiger partial charge in [0.15, 0.2) is 0 Å². The van der Waals surface area contributed by atoms with E-state index < -0.39 is 0 Å². The standard InChI is InChI=1S/C15H26N2O2/c1-4-18-8-7-17(3)11-15-9-13(12(2)19-15)10-16-14-5-6-14/h9,14,16H,4-8,10-11H2,1-3H3. The van der Waals surface area contributed by atoms with Crippen molar-refractivity contribution in [3.05, 3.63) is 23.2 Å². The molecule has 4 heteroatoms. The predicted molar refractivity (Wildman–Crippen MR) is 76.1 cm³/mol. The molecule has 1 aliphatic carbocycles. The lowest BCUT2D eigenvalue weighted by atomic mass is 10.2. The molecule has 0 spiro atoms. The van der Waals surface area contributed by atoms with Crippen molar-refractivity contribution in [2.75, 3.05) is 26.8 Å². The van der Waals surface area contributed by atoms with Crippen LogP contribution in [0.15, 0.2) is 10.5 Å². The number of aryl methyl sites for hydroxylation is 1. The Morgan fingerprint density at radius 3 is 2.95 bits per heavy atom. The maximum absolute atomic E-state index is 5.82. The summed E-state index contributed by atoms with van der Waals surface area (Å²) in [7, 11) is 2.10. The Morgan fingerprint density at radius 2 is 2.26 bits per heavy atom. The molecule has 108 valence electrons. The molecule has 0 amide bonds. The zero-order valence-corrected chi connectivity index (χ0v) is 12.4. The van der Waals surface area contributed by atoms with Crippen LogP contribution in [0, 0.1) is 6.92 Å². The number of hydrogen-bond acceptors (Lipinski definition) is 4. The Morgan fingerprint density at radius 1 is 1.47 bits per heavy atom. The summed E-state index contributed by atoms with van der Waals surface area (Å²) in [5, 5.41) is 3.53. The first-order valence-electron chi connectivity index (χ1n) is 7.27. The Balaban J connectivity index is 1.77.